The first kappa shape index (κ1) is 14.8. The van der Waals surface area contributed by atoms with Crippen LogP contribution in [0, 0.1) is 23.2 Å². The Labute approximate surface area is 127 Å². The Kier molecular flexibility index (Phi) is 3.94. The summed E-state index contributed by atoms with van der Waals surface area (Å²) in [7, 11) is 0. The van der Waals surface area contributed by atoms with E-state index >= 15 is 0 Å². The SMILES string of the molecule is CC(C)NC(C#N)(CN1CCCC2C(=O)NCC21)C1CC1. The summed E-state index contributed by atoms with van der Waals surface area (Å²) in [5.41, 5.74) is -0.443. The molecule has 21 heavy (non-hydrogen) atoms. The molecule has 0 radical (unpaired) electrons. The minimum atomic E-state index is -0.443. The number of carbonyl (C=O) groups is 1. The molecular weight excluding hydrogens is 264 g/mol. The van der Waals surface area contributed by atoms with Crippen LogP contribution in [0.3, 0.4) is 0 Å². The van der Waals surface area contributed by atoms with Crippen molar-refractivity contribution in [3.63, 3.8) is 0 Å². The lowest BCUT2D eigenvalue weighted by atomic mass is 9.87. The maximum Gasteiger partial charge on any atom is 0.224 e. The van der Waals surface area contributed by atoms with Crippen LogP contribution >= 0.6 is 0 Å². The number of carbonyl (C=O) groups excluding carboxylic acids is 1. The van der Waals surface area contributed by atoms with Crippen molar-refractivity contribution in [3.8, 4) is 6.07 Å². The molecule has 1 amide bonds. The molecule has 3 atom stereocenters. The van der Waals surface area contributed by atoms with Gasteiger partial charge >= 0.3 is 0 Å². The molecule has 0 spiro atoms. The molecule has 116 valence electrons. The number of fused-ring (bicyclic) bond motifs is 1. The van der Waals surface area contributed by atoms with E-state index in [2.05, 4.69) is 35.5 Å². The lowest BCUT2D eigenvalue weighted by Crippen LogP contribution is -2.60. The zero-order chi connectivity index (χ0) is 15.0. The van der Waals surface area contributed by atoms with Crippen LogP contribution in [0.15, 0.2) is 0 Å². The van der Waals surface area contributed by atoms with Gasteiger partial charge in [-0.05, 0) is 52.0 Å². The molecule has 1 saturated carbocycles. The number of nitrogens with zero attached hydrogens (tertiary/aromatic N) is 2. The van der Waals surface area contributed by atoms with Crippen LogP contribution in [-0.4, -0.2) is 48.1 Å². The molecule has 2 N–H and O–H groups in total. The Hall–Kier alpha value is -1.12. The van der Waals surface area contributed by atoms with E-state index in [4.69, 9.17) is 0 Å². The third-order valence-electron chi connectivity index (χ3n) is 5.19. The highest BCUT2D eigenvalue weighted by Crippen LogP contribution is 2.41. The average molecular weight is 290 g/mol. The van der Waals surface area contributed by atoms with Gasteiger partial charge in [0.1, 0.15) is 5.54 Å². The molecule has 2 heterocycles. The fourth-order valence-electron chi connectivity index (χ4n) is 4.10. The number of amides is 1. The summed E-state index contributed by atoms with van der Waals surface area (Å²) in [5.74, 6) is 0.805. The largest absolute Gasteiger partial charge is 0.354 e. The summed E-state index contributed by atoms with van der Waals surface area (Å²) in [6.45, 7) is 6.72. The van der Waals surface area contributed by atoms with Gasteiger partial charge in [0.05, 0.1) is 12.0 Å². The van der Waals surface area contributed by atoms with Gasteiger partial charge in [-0.1, -0.05) is 0 Å². The number of hydrogen-bond donors (Lipinski definition) is 2. The van der Waals surface area contributed by atoms with Crippen LogP contribution < -0.4 is 10.6 Å². The number of rotatable bonds is 5. The molecule has 2 aliphatic heterocycles. The zero-order valence-electron chi connectivity index (χ0n) is 13.1. The van der Waals surface area contributed by atoms with Gasteiger partial charge in [-0.3, -0.25) is 15.0 Å². The van der Waals surface area contributed by atoms with Gasteiger partial charge in [0.15, 0.2) is 0 Å². The highest BCUT2D eigenvalue weighted by molar-refractivity contribution is 5.82. The van der Waals surface area contributed by atoms with E-state index in [0.717, 1.165) is 45.3 Å². The zero-order valence-corrected chi connectivity index (χ0v) is 13.1. The van der Waals surface area contributed by atoms with Gasteiger partial charge in [-0.25, -0.2) is 0 Å². The van der Waals surface area contributed by atoms with Crippen molar-refractivity contribution in [3.05, 3.63) is 0 Å². The van der Waals surface area contributed by atoms with E-state index in [0.29, 0.717) is 12.0 Å². The average Bonchev–Trinajstić information content (AvgIpc) is 3.23. The Morgan fingerprint density at radius 1 is 1.48 bits per heavy atom. The van der Waals surface area contributed by atoms with Gasteiger partial charge in [0, 0.05) is 25.2 Å². The first-order chi connectivity index (χ1) is 10.1. The van der Waals surface area contributed by atoms with Crippen molar-refractivity contribution >= 4 is 5.91 Å². The minimum absolute atomic E-state index is 0.133. The van der Waals surface area contributed by atoms with Gasteiger partial charge in [0.25, 0.3) is 0 Å². The molecule has 5 nitrogen and oxygen atoms in total. The number of nitrogens with one attached hydrogen (secondary N) is 2. The molecule has 3 unspecified atom stereocenters. The minimum Gasteiger partial charge on any atom is -0.354 e. The molecule has 1 aliphatic carbocycles. The number of piperidine rings is 1. The normalized spacial score (nSPS) is 32.4. The smallest absolute Gasteiger partial charge is 0.224 e. The third kappa shape index (κ3) is 2.79. The first-order valence-corrected chi connectivity index (χ1v) is 8.26. The second kappa shape index (κ2) is 5.58. The van der Waals surface area contributed by atoms with Crippen LogP contribution in [0.4, 0.5) is 0 Å². The van der Waals surface area contributed by atoms with Crippen LogP contribution in [0.25, 0.3) is 0 Å². The van der Waals surface area contributed by atoms with E-state index < -0.39 is 5.54 Å². The Balaban J connectivity index is 1.76. The van der Waals surface area contributed by atoms with E-state index in [9.17, 15) is 10.1 Å². The highest BCUT2D eigenvalue weighted by Gasteiger charge is 2.50. The van der Waals surface area contributed by atoms with E-state index in [1.54, 1.807) is 0 Å². The van der Waals surface area contributed by atoms with Crippen molar-refractivity contribution in [2.45, 2.75) is 57.2 Å². The lowest BCUT2D eigenvalue weighted by Gasteiger charge is -2.42. The summed E-state index contributed by atoms with van der Waals surface area (Å²) in [6.07, 6.45) is 4.34. The second-order valence-electron chi connectivity index (χ2n) is 7.19. The van der Waals surface area contributed by atoms with Crippen LogP contribution in [0.5, 0.6) is 0 Å². The maximum atomic E-state index is 11.9. The predicted octanol–water partition coefficient (Wildman–Crippen LogP) is 0.867. The molecule has 0 aromatic heterocycles. The van der Waals surface area contributed by atoms with Crippen LogP contribution in [0.2, 0.25) is 0 Å². The summed E-state index contributed by atoms with van der Waals surface area (Å²) < 4.78 is 0. The van der Waals surface area contributed by atoms with Crippen LogP contribution in [0.1, 0.15) is 39.5 Å². The van der Waals surface area contributed by atoms with Crippen molar-refractivity contribution in [1.29, 1.82) is 5.26 Å². The Morgan fingerprint density at radius 2 is 2.24 bits per heavy atom. The standard InChI is InChI=1S/C16H26N4O/c1-11(2)19-16(9-17,12-5-6-12)10-20-7-3-4-13-14(20)8-18-15(13)21/h11-14,19H,3-8,10H2,1-2H3,(H,18,21). The summed E-state index contributed by atoms with van der Waals surface area (Å²) >= 11 is 0. The molecule has 5 heteroatoms. The van der Waals surface area contributed by atoms with Gasteiger partial charge in [-0.15, -0.1) is 0 Å². The molecule has 3 aliphatic rings. The summed E-state index contributed by atoms with van der Waals surface area (Å²) in [4.78, 5) is 14.3. The molecule has 2 saturated heterocycles. The third-order valence-corrected chi connectivity index (χ3v) is 5.19. The topological polar surface area (TPSA) is 68.2 Å². The monoisotopic (exact) mass is 290 g/mol. The predicted molar refractivity (Wildman–Crippen MR) is 80.4 cm³/mol. The van der Waals surface area contributed by atoms with Crippen molar-refractivity contribution in [1.82, 2.24) is 15.5 Å². The van der Waals surface area contributed by atoms with E-state index in [1.807, 2.05) is 0 Å². The van der Waals surface area contributed by atoms with Crippen LogP contribution in [-0.2, 0) is 4.79 Å². The molecular formula is C16H26N4O. The van der Waals surface area contributed by atoms with E-state index in [1.165, 1.54) is 0 Å². The van der Waals surface area contributed by atoms with Crippen molar-refractivity contribution in [2.24, 2.45) is 11.8 Å². The molecule has 0 aromatic rings. The molecule has 3 fully saturated rings. The summed E-state index contributed by atoms with van der Waals surface area (Å²) in [5, 5.41) is 16.4. The second-order valence-corrected chi connectivity index (χ2v) is 7.19. The maximum absolute atomic E-state index is 11.9. The number of nitriles is 1. The van der Waals surface area contributed by atoms with Gasteiger partial charge in [-0.2, -0.15) is 5.26 Å². The van der Waals surface area contributed by atoms with Gasteiger partial charge < -0.3 is 5.32 Å². The molecule has 0 aromatic carbocycles. The Bertz CT molecular complexity index is 454. The molecule has 3 rings (SSSR count). The number of hydrogen-bond acceptors (Lipinski definition) is 4. The highest BCUT2D eigenvalue weighted by atomic mass is 16.2. The Morgan fingerprint density at radius 3 is 2.86 bits per heavy atom. The summed E-state index contributed by atoms with van der Waals surface area (Å²) in [6, 6.07) is 3.17. The molecule has 0 bridgehead atoms. The first-order valence-electron chi connectivity index (χ1n) is 8.26. The van der Waals surface area contributed by atoms with E-state index in [-0.39, 0.29) is 17.9 Å². The van der Waals surface area contributed by atoms with Gasteiger partial charge in [0.2, 0.25) is 5.91 Å². The fraction of sp³-hybridized carbons (Fsp3) is 0.875. The lowest BCUT2D eigenvalue weighted by molar-refractivity contribution is -0.124. The number of likely N-dealkylation sites (tertiary alicyclic amines) is 1. The fourth-order valence-corrected chi connectivity index (χ4v) is 4.10. The van der Waals surface area contributed by atoms with Crippen molar-refractivity contribution in [2.75, 3.05) is 19.6 Å². The van der Waals surface area contributed by atoms with Crippen molar-refractivity contribution < 1.29 is 4.79 Å². The quantitative estimate of drug-likeness (QED) is 0.788.